The standard InChI is InChI=1S/C17H13N5O/c18-17-16-15(19-11-20-17)10-21-22(16)12-6-8-14(9-7-12)23-13-4-2-1-3-5-13/h1-11H,(H2,18,19,20). The lowest BCUT2D eigenvalue weighted by Crippen LogP contribution is -2.00. The summed E-state index contributed by atoms with van der Waals surface area (Å²) >= 11 is 0. The van der Waals surface area contributed by atoms with E-state index in [1.807, 2.05) is 54.6 Å². The molecule has 4 rings (SSSR count). The van der Waals surface area contributed by atoms with Gasteiger partial charge in [-0.05, 0) is 36.4 Å². The van der Waals surface area contributed by atoms with Gasteiger partial charge < -0.3 is 10.5 Å². The molecule has 2 N–H and O–H groups in total. The maximum atomic E-state index is 5.93. The van der Waals surface area contributed by atoms with E-state index in [1.165, 1.54) is 6.33 Å². The van der Waals surface area contributed by atoms with Crippen LogP contribution >= 0.6 is 0 Å². The molecule has 0 amide bonds. The summed E-state index contributed by atoms with van der Waals surface area (Å²) in [7, 11) is 0. The number of nitrogen functional groups attached to an aromatic ring is 1. The van der Waals surface area contributed by atoms with Crippen LogP contribution in [0.3, 0.4) is 0 Å². The summed E-state index contributed by atoms with van der Waals surface area (Å²) in [5.41, 5.74) is 8.21. The van der Waals surface area contributed by atoms with Crippen molar-refractivity contribution in [3.05, 3.63) is 67.1 Å². The van der Waals surface area contributed by atoms with Crippen molar-refractivity contribution in [3.63, 3.8) is 0 Å². The Morgan fingerprint density at radius 1 is 0.870 bits per heavy atom. The molecule has 0 saturated carbocycles. The van der Waals surface area contributed by atoms with E-state index in [1.54, 1.807) is 10.9 Å². The number of ether oxygens (including phenoxy) is 1. The number of fused-ring (bicyclic) bond motifs is 1. The zero-order valence-corrected chi connectivity index (χ0v) is 12.1. The third-order valence-electron chi connectivity index (χ3n) is 3.45. The fraction of sp³-hybridized carbons (Fsp3) is 0. The first-order valence-electron chi connectivity index (χ1n) is 7.09. The molecule has 0 atom stereocenters. The third-order valence-corrected chi connectivity index (χ3v) is 3.45. The lowest BCUT2D eigenvalue weighted by atomic mass is 10.3. The van der Waals surface area contributed by atoms with Gasteiger partial charge in [0.1, 0.15) is 28.9 Å². The minimum atomic E-state index is 0.400. The third kappa shape index (κ3) is 2.46. The van der Waals surface area contributed by atoms with Crippen LogP contribution in [0.25, 0.3) is 16.7 Å². The molecule has 0 unspecified atom stereocenters. The topological polar surface area (TPSA) is 78.9 Å². The molecular formula is C17H13N5O. The van der Waals surface area contributed by atoms with E-state index < -0.39 is 0 Å². The highest BCUT2D eigenvalue weighted by Crippen LogP contribution is 2.24. The van der Waals surface area contributed by atoms with E-state index in [0.717, 1.165) is 17.2 Å². The molecule has 112 valence electrons. The van der Waals surface area contributed by atoms with Crippen LogP contribution in [0.15, 0.2) is 67.1 Å². The fourth-order valence-corrected chi connectivity index (χ4v) is 2.36. The molecule has 0 bridgehead atoms. The maximum absolute atomic E-state index is 5.93. The highest BCUT2D eigenvalue weighted by atomic mass is 16.5. The van der Waals surface area contributed by atoms with Crippen LogP contribution in [0.4, 0.5) is 5.82 Å². The number of nitrogens with zero attached hydrogens (tertiary/aromatic N) is 4. The lowest BCUT2D eigenvalue weighted by molar-refractivity contribution is 0.482. The summed E-state index contributed by atoms with van der Waals surface area (Å²) in [6, 6.07) is 17.2. The number of hydrogen-bond donors (Lipinski definition) is 1. The van der Waals surface area contributed by atoms with Gasteiger partial charge in [-0.2, -0.15) is 5.10 Å². The molecule has 0 saturated heterocycles. The Morgan fingerprint density at radius 3 is 2.39 bits per heavy atom. The van der Waals surface area contributed by atoms with Crippen LogP contribution in [0.2, 0.25) is 0 Å². The SMILES string of the molecule is Nc1ncnc2cnn(-c3ccc(Oc4ccccc4)cc3)c12. The summed E-state index contributed by atoms with van der Waals surface area (Å²) in [4.78, 5) is 8.18. The van der Waals surface area contributed by atoms with Crippen LogP contribution < -0.4 is 10.5 Å². The zero-order valence-electron chi connectivity index (χ0n) is 12.1. The normalized spacial score (nSPS) is 10.8. The molecule has 0 aliphatic rings. The minimum absolute atomic E-state index is 0.400. The van der Waals surface area contributed by atoms with Gasteiger partial charge >= 0.3 is 0 Å². The van der Waals surface area contributed by atoms with Crippen LogP contribution in [0, 0.1) is 0 Å². The predicted octanol–water partition coefficient (Wildman–Crippen LogP) is 3.19. The van der Waals surface area contributed by atoms with Crippen LogP contribution in [-0.2, 0) is 0 Å². The van der Waals surface area contributed by atoms with Crippen molar-refractivity contribution in [2.75, 3.05) is 5.73 Å². The Labute approximate surface area is 132 Å². The average molecular weight is 303 g/mol. The quantitative estimate of drug-likeness (QED) is 0.629. The highest BCUT2D eigenvalue weighted by Gasteiger charge is 2.10. The molecular weight excluding hydrogens is 290 g/mol. The second-order valence-corrected chi connectivity index (χ2v) is 4.96. The van der Waals surface area contributed by atoms with Crippen molar-refractivity contribution < 1.29 is 4.74 Å². The van der Waals surface area contributed by atoms with Crippen molar-refractivity contribution in [2.45, 2.75) is 0 Å². The number of anilines is 1. The Morgan fingerprint density at radius 2 is 1.61 bits per heavy atom. The van der Waals surface area contributed by atoms with Gasteiger partial charge in [0.25, 0.3) is 0 Å². The molecule has 0 aliphatic carbocycles. The van der Waals surface area contributed by atoms with Crippen LogP contribution in [-0.4, -0.2) is 19.7 Å². The molecule has 2 heterocycles. The van der Waals surface area contributed by atoms with Gasteiger partial charge in [0, 0.05) is 0 Å². The first-order chi connectivity index (χ1) is 11.3. The molecule has 23 heavy (non-hydrogen) atoms. The van der Waals surface area contributed by atoms with E-state index in [4.69, 9.17) is 10.5 Å². The van der Waals surface area contributed by atoms with E-state index in [0.29, 0.717) is 16.9 Å². The summed E-state index contributed by atoms with van der Waals surface area (Å²) in [6.07, 6.45) is 3.10. The second kappa shape index (κ2) is 5.42. The molecule has 4 aromatic rings. The smallest absolute Gasteiger partial charge is 0.153 e. The number of benzene rings is 2. The maximum Gasteiger partial charge on any atom is 0.153 e. The molecule has 6 nitrogen and oxygen atoms in total. The van der Waals surface area contributed by atoms with Gasteiger partial charge in [-0.15, -0.1) is 0 Å². The average Bonchev–Trinajstić information content (AvgIpc) is 3.02. The molecule has 0 spiro atoms. The van der Waals surface area contributed by atoms with Crippen molar-refractivity contribution in [1.82, 2.24) is 19.7 Å². The lowest BCUT2D eigenvalue weighted by Gasteiger charge is -2.08. The number of rotatable bonds is 3. The Balaban J connectivity index is 1.67. The number of hydrogen-bond acceptors (Lipinski definition) is 5. The van der Waals surface area contributed by atoms with E-state index in [2.05, 4.69) is 15.1 Å². The van der Waals surface area contributed by atoms with Gasteiger partial charge in [0.15, 0.2) is 5.82 Å². The number of nitrogens with two attached hydrogens (primary N) is 1. The number of para-hydroxylation sites is 1. The van der Waals surface area contributed by atoms with Gasteiger partial charge in [-0.25, -0.2) is 14.6 Å². The van der Waals surface area contributed by atoms with Crippen LogP contribution in [0.1, 0.15) is 0 Å². The molecule has 6 heteroatoms. The Bertz CT molecular complexity index is 948. The van der Waals surface area contributed by atoms with Gasteiger partial charge in [-0.1, -0.05) is 18.2 Å². The minimum Gasteiger partial charge on any atom is -0.457 e. The van der Waals surface area contributed by atoms with E-state index >= 15 is 0 Å². The molecule has 0 aliphatic heterocycles. The summed E-state index contributed by atoms with van der Waals surface area (Å²) in [5, 5.41) is 4.33. The second-order valence-electron chi connectivity index (χ2n) is 4.96. The summed E-state index contributed by atoms with van der Waals surface area (Å²) < 4.78 is 7.50. The highest BCUT2D eigenvalue weighted by molar-refractivity contribution is 5.85. The monoisotopic (exact) mass is 303 g/mol. The fourth-order valence-electron chi connectivity index (χ4n) is 2.36. The molecule has 2 aromatic heterocycles. The van der Waals surface area contributed by atoms with Crippen molar-refractivity contribution in [2.24, 2.45) is 0 Å². The Hall–Kier alpha value is -3.41. The largest absolute Gasteiger partial charge is 0.457 e. The van der Waals surface area contributed by atoms with E-state index in [-0.39, 0.29) is 0 Å². The van der Waals surface area contributed by atoms with Gasteiger partial charge in [0.2, 0.25) is 0 Å². The van der Waals surface area contributed by atoms with E-state index in [9.17, 15) is 0 Å². The van der Waals surface area contributed by atoms with Gasteiger partial charge in [0.05, 0.1) is 11.9 Å². The van der Waals surface area contributed by atoms with Crippen LogP contribution in [0.5, 0.6) is 11.5 Å². The molecule has 0 radical (unpaired) electrons. The van der Waals surface area contributed by atoms with Crippen molar-refractivity contribution in [3.8, 4) is 17.2 Å². The summed E-state index contributed by atoms with van der Waals surface area (Å²) in [5.74, 6) is 1.94. The van der Waals surface area contributed by atoms with Crippen molar-refractivity contribution in [1.29, 1.82) is 0 Å². The van der Waals surface area contributed by atoms with Gasteiger partial charge in [-0.3, -0.25) is 0 Å². The first-order valence-corrected chi connectivity index (χ1v) is 7.09. The predicted molar refractivity (Wildman–Crippen MR) is 87.6 cm³/mol. The Kier molecular flexibility index (Phi) is 3.12. The molecule has 0 fully saturated rings. The van der Waals surface area contributed by atoms with Crippen molar-refractivity contribution >= 4 is 16.9 Å². The molecule has 2 aromatic carbocycles. The summed E-state index contributed by atoms with van der Waals surface area (Å²) in [6.45, 7) is 0. The first kappa shape index (κ1) is 13.3. The number of aromatic nitrogens is 4. The zero-order chi connectivity index (χ0) is 15.6.